The van der Waals surface area contributed by atoms with E-state index in [1.54, 1.807) is 0 Å². The number of benzene rings is 1. The third kappa shape index (κ3) is 2.91. The molecule has 28 heavy (non-hydrogen) atoms. The molecule has 1 heterocycles. The maximum atomic E-state index is 10.1. The lowest BCUT2D eigenvalue weighted by atomic mass is 9.58. The molecule has 0 saturated heterocycles. The van der Waals surface area contributed by atoms with Gasteiger partial charge in [0.05, 0.1) is 30.0 Å². The number of ether oxygens (including phenoxy) is 1. The van der Waals surface area contributed by atoms with Crippen LogP contribution in [0.5, 0.6) is 5.75 Å². The highest BCUT2D eigenvalue weighted by atomic mass is 16.5. The van der Waals surface area contributed by atoms with Gasteiger partial charge in [-0.25, -0.2) is 0 Å². The molecule has 2 atom stereocenters. The zero-order valence-corrected chi connectivity index (χ0v) is 16.1. The van der Waals surface area contributed by atoms with E-state index in [0.717, 1.165) is 30.0 Å². The minimum atomic E-state index is -1.59. The van der Waals surface area contributed by atoms with Crippen LogP contribution in [0.1, 0.15) is 25.3 Å². The molecule has 142 valence electrons. The fourth-order valence-electron chi connectivity index (χ4n) is 4.31. The van der Waals surface area contributed by atoms with Crippen LogP contribution in [0.15, 0.2) is 47.2 Å². The highest BCUT2D eigenvalue weighted by Crippen LogP contribution is 2.54. The number of rotatable bonds is 4. The molecule has 1 aliphatic heterocycles. The van der Waals surface area contributed by atoms with Gasteiger partial charge in [0.15, 0.2) is 5.41 Å². The SMILES string of the molecule is CCOc1ccc([C@@H]2C3CN(CC)CC=C3C(C#N)=C(N)C2(C#N)C#N)cc1. The van der Waals surface area contributed by atoms with E-state index in [9.17, 15) is 15.8 Å². The zero-order valence-electron chi connectivity index (χ0n) is 16.1. The van der Waals surface area contributed by atoms with E-state index in [-0.39, 0.29) is 17.2 Å². The molecule has 0 aromatic heterocycles. The molecule has 6 heteroatoms. The van der Waals surface area contributed by atoms with Crippen LogP contribution in [0.3, 0.4) is 0 Å². The van der Waals surface area contributed by atoms with E-state index in [1.165, 1.54) is 0 Å². The van der Waals surface area contributed by atoms with Crippen molar-refractivity contribution in [3.8, 4) is 24.0 Å². The normalized spacial score (nSPS) is 23.6. The van der Waals surface area contributed by atoms with E-state index >= 15 is 0 Å². The summed E-state index contributed by atoms with van der Waals surface area (Å²) >= 11 is 0. The van der Waals surface area contributed by atoms with Crippen molar-refractivity contribution in [2.24, 2.45) is 17.1 Å². The molecular formula is C22H23N5O. The molecule has 0 fully saturated rings. The lowest BCUT2D eigenvalue weighted by molar-refractivity contribution is 0.214. The third-order valence-corrected chi connectivity index (χ3v) is 5.74. The van der Waals surface area contributed by atoms with Gasteiger partial charge in [-0.2, -0.15) is 15.8 Å². The van der Waals surface area contributed by atoms with Crippen LogP contribution < -0.4 is 10.5 Å². The Morgan fingerprint density at radius 3 is 2.39 bits per heavy atom. The molecule has 0 amide bonds. The molecule has 2 aliphatic rings. The Morgan fingerprint density at radius 1 is 1.18 bits per heavy atom. The number of likely N-dealkylation sites (N-methyl/N-ethyl adjacent to an activating group) is 1. The fraction of sp³-hybridized carbons (Fsp3) is 0.409. The van der Waals surface area contributed by atoms with E-state index in [4.69, 9.17) is 10.5 Å². The highest BCUT2D eigenvalue weighted by Gasteiger charge is 2.54. The monoisotopic (exact) mass is 373 g/mol. The van der Waals surface area contributed by atoms with Gasteiger partial charge >= 0.3 is 0 Å². The number of hydrogen-bond acceptors (Lipinski definition) is 6. The summed E-state index contributed by atoms with van der Waals surface area (Å²) in [6.45, 7) is 6.80. The lowest BCUT2D eigenvalue weighted by Crippen LogP contribution is -2.48. The van der Waals surface area contributed by atoms with E-state index in [0.29, 0.717) is 13.2 Å². The summed E-state index contributed by atoms with van der Waals surface area (Å²) < 4.78 is 5.52. The highest BCUT2D eigenvalue weighted by molar-refractivity contribution is 5.59. The van der Waals surface area contributed by atoms with Crippen LogP contribution >= 0.6 is 0 Å². The fourth-order valence-corrected chi connectivity index (χ4v) is 4.31. The first-order chi connectivity index (χ1) is 13.6. The molecule has 2 N–H and O–H groups in total. The van der Waals surface area contributed by atoms with Gasteiger partial charge in [-0.15, -0.1) is 0 Å². The largest absolute Gasteiger partial charge is 0.494 e. The van der Waals surface area contributed by atoms with Crippen molar-refractivity contribution in [1.82, 2.24) is 4.90 Å². The number of nitriles is 3. The topological polar surface area (TPSA) is 110 Å². The summed E-state index contributed by atoms with van der Waals surface area (Å²) in [5.41, 5.74) is 6.76. The van der Waals surface area contributed by atoms with Crippen molar-refractivity contribution in [3.63, 3.8) is 0 Å². The van der Waals surface area contributed by atoms with Gasteiger partial charge in [-0.3, -0.25) is 4.90 Å². The second-order valence-corrected chi connectivity index (χ2v) is 7.03. The number of nitrogens with zero attached hydrogens (tertiary/aromatic N) is 4. The molecule has 1 unspecified atom stereocenters. The van der Waals surface area contributed by atoms with Crippen molar-refractivity contribution in [3.05, 3.63) is 52.7 Å². The molecule has 6 nitrogen and oxygen atoms in total. The van der Waals surface area contributed by atoms with Crippen molar-refractivity contribution < 1.29 is 4.74 Å². The van der Waals surface area contributed by atoms with Crippen LogP contribution in [0, 0.1) is 45.3 Å². The molecule has 0 spiro atoms. The van der Waals surface area contributed by atoms with E-state index in [2.05, 4.69) is 30.0 Å². The average Bonchev–Trinajstić information content (AvgIpc) is 2.73. The number of allylic oxidation sites excluding steroid dienone is 2. The first-order valence-electron chi connectivity index (χ1n) is 9.44. The van der Waals surface area contributed by atoms with Crippen molar-refractivity contribution in [2.45, 2.75) is 19.8 Å². The Morgan fingerprint density at radius 2 is 1.86 bits per heavy atom. The Balaban J connectivity index is 2.22. The van der Waals surface area contributed by atoms with Crippen LogP contribution in [-0.2, 0) is 0 Å². The van der Waals surface area contributed by atoms with Crippen LogP contribution in [0.25, 0.3) is 0 Å². The Kier molecular flexibility index (Phi) is 5.41. The Hall–Kier alpha value is -3.27. The standard InChI is InChI=1S/C22H23N5O/c1-3-27-10-9-17-18(11-23)21(26)22(13-24,14-25)20(19(17)12-27)15-5-7-16(8-6-15)28-4-2/h5-9,19-20H,3-4,10,12,26H2,1-2H3/t19?,20-/m1/s1. The number of nitrogens with two attached hydrogens (primary N) is 1. The molecule has 0 bridgehead atoms. The van der Waals surface area contributed by atoms with Crippen molar-refractivity contribution in [1.29, 1.82) is 15.8 Å². The molecule has 1 aromatic carbocycles. The Labute approximate surface area is 165 Å². The average molecular weight is 373 g/mol. The zero-order chi connectivity index (χ0) is 20.3. The predicted molar refractivity (Wildman–Crippen MR) is 105 cm³/mol. The quantitative estimate of drug-likeness (QED) is 0.869. The maximum Gasteiger partial charge on any atom is 0.191 e. The summed E-state index contributed by atoms with van der Waals surface area (Å²) in [5.74, 6) is 0.112. The number of fused-ring (bicyclic) bond motifs is 1. The number of hydrogen-bond donors (Lipinski definition) is 1. The minimum Gasteiger partial charge on any atom is -0.494 e. The summed E-state index contributed by atoms with van der Waals surface area (Å²) in [6, 6.07) is 14.0. The molecule has 1 aliphatic carbocycles. The molecular weight excluding hydrogens is 350 g/mol. The summed E-state index contributed by atoms with van der Waals surface area (Å²) in [4.78, 5) is 2.24. The van der Waals surface area contributed by atoms with Crippen LogP contribution in [-0.4, -0.2) is 31.1 Å². The van der Waals surface area contributed by atoms with Gasteiger partial charge in [0.25, 0.3) is 0 Å². The lowest BCUT2D eigenvalue weighted by Gasteiger charge is -2.45. The van der Waals surface area contributed by atoms with Crippen molar-refractivity contribution >= 4 is 0 Å². The second kappa shape index (κ2) is 7.77. The summed E-state index contributed by atoms with van der Waals surface area (Å²) in [7, 11) is 0. The van der Waals surface area contributed by atoms with Gasteiger partial charge in [0, 0.05) is 24.9 Å². The van der Waals surface area contributed by atoms with Crippen LogP contribution in [0.2, 0.25) is 0 Å². The minimum absolute atomic E-state index is 0.0614. The van der Waals surface area contributed by atoms with Gasteiger partial charge in [-0.05, 0) is 36.7 Å². The maximum absolute atomic E-state index is 10.1. The molecule has 1 aromatic rings. The smallest absolute Gasteiger partial charge is 0.191 e. The van der Waals surface area contributed by atoms with Gasteiger partial charge < -0.3 is 10.5 Å². The van der Waals surface area contributed by atoms with Crippen LogP contribution in [0.4, 0.5) is 0 Å². The first-order valence-corrected chi connectivity index (χ1v) is 9.44. The summed E-state index contributed by atoms with van der Waals surface area (Å²) in [6.07, 6.45) is 2.02. The third-order valence-electron chi connectivity index (χ3n) is 5.74. The first kappa shape index (κ1) is 19.5. The van der Waals surface area contributed by atoms with E-state index in [1.807, 2.05) is 37.3 Å². The summed E-state index contributed by atoms with van der Waals surface area (Å²) in [5, 5.41) is 29.8. The predicted octanol–water partition coefficient (Wildman–Crippen LogP) is 2.83. The second-order valence-electron chi connectivity index (χ2n) is 7.03. The van der Waals surface area contributed by atoms with Gasteiger partial charge in [-0.1, -0.05) is 25.1 Å². The van der Waals surface area contributed by atoms with Gasteiger partial charge in [0.2, 0.25) is 0 Å². The Bertz CT molecular complexity index is 925. The molecule has 0 radical (unpaired) electrons. The molecule has 0 saturated carbocycles. The van der Waals surface area contributed by atoms with Crippen molar-refractivity contribution in [2.75, 3.05) is 26.2 Å². The molecule has 3 rings (SSSR count). The van der Waals surface area contributed by atoms with Gasteiger partial charge in [0.1, 0.15) is 11.8 Å². The van der Waals surface area contributed by atoms with E-state index < -0.39 is 11.3 Å².